The Hall–Kier alpha value is -1.51. The van der Waals surface area contributed by atoms with Crippen LogP contribution in [0.25, 0.3) is 0 Å². The van der Waals surface area contributed by atoms with Crippen LogP contribution < -0.4 is 0 Å². The second-order valence-electron chi connectivity index (χ2n) is 3.88. The van der Waals surface area contributed by atoms with Crippen molar-refractivity contribution in [3.05, 3.63) is 29.3 Å². The molecule has 3 nitrogen and oxygen atoms in total. The lowest BCUT2D eigenvalue weighted by atomic mass is 9.83. The van der Waals surface area contributed by atoms with Crippen LogP contribution in [0.5, 0.6) is 5.75 Å². The number of phenols is 1. The van der Waals surface area contributed by atoms with E-state index in [0.29, 0.717) is 12.2 Å². The van der Waals surface area contributed by atoms with Crippen molar-refractivity contribution in [3.8, 4) is 5.75 Å². The number of rotatable bonds is 1. The molecule has 2 rings (SSSR count). The lowest BCUT2D eigenvalue weighted by Gasteiger charge is -2.23. The van der Waals surface area contributed by atoms with Gasteiger partial charge in [0.15, 0.2) is 0 Å². The summed E-state index contributed by atoms with van der Waals surface area (Å²) in [5.41, 5.74) is 2.05. The second-order valence-corrected chi connectivity index (χ2v) is 3.88. The zero-order chi connectivity index (χ0) is 10.8. The maximum atomic E-state index is 11.4. The molecule has 0 fully saturated rings. The molecule has 0 saturated heterocycles. The van der Waals surface area contributed by atoms with E-state index < -0.39 is 0 Å². The van der Waals surface area contributed by atoms with Gasteiger partial charge in [0.25, 0.3) is 0 Å². The van der Waals surface area contributed by atoms with Crippen LogP contribution in [-0.4, -0.2) is 18.2 Å². The number of esters is 1. The average Bonchev–Trinajstić information content (AvgIpc) is 2.28. The van der Waals surface area contributed by atoms with E-state index >= 15 is 0 Å². The molecule has 1 aromatic rings. The summed E-state index contributed by atoms with van der Waals surface area (Å²) < 4.78 is 4.73. The van der Waals surface area contributed by atoms with Crippen molar-refractivity contribution >= 4 is 5.97 Å². The number of ether oxygens (including phenoxy) is 1. The summed E-state index contributed by atoms with van der Waals surface area (Å²) in [6.45, 7) is 0. The number of fused-ring (bicyclic) bond motifs is 1. The Kier molecular flexibility index (Phi) is 2.62. The van der Waals surface area contributed by atoms with Gasteiger partial charge in [-0.05, 0) is 36.5 Å². The minimum atomic E-state index is -0.149. The number of carbonyl (C=O) groups excluding carboxylic acids is 1. The second kappa shape index (κ2) is 3.93. The Morgan fingerprint density at radius 1 is 1.53 bits per heavy atom. The molecular formula is C12H14O3. The monoisotopic (exact) mass is 206 g/mol. The summed E-state index contributed by atoms with van der Waals surface area (Å²) in [6, 6.07) is 5.47. The zero-order valence-electron chi connectivity index (χ0n) is 8.69. The minimum Gasteiger partial charge on any atom is -0.508 e. The van der Waals surface area contributed by atoms with Gasteiger partial charge >= 0.3 is 5.97 Å². The van der Waals surface area contributed by atoms with E-state index in [1.54, 1.807) is 6.07 Å². The van der Waals surface area contributed by atoms with E-state index in [-0.39, 0.29) is 11.9 Å². The molecule has 0 heterocycles. The summed E-state index contributed by atoms with van der Waals surface area (Å²) in [5.74, 6) is 0.143. The first-order chi connectivity index (χ1) is 7.22. The SMILES string of the molecule is COC(=O)C1CCc2c(O)cccc2C1. The molecule has 1 unspecified atom stereocenters. The third-order valence-electron chi connectivity index (χ3n) is 2.99. The van der Waals surface area contributed by atoms with Crippen LogP contribution in [0, 0.1) is 5.92 Å². The number of hydrogen-bond donors (Lipinski definition) is 1. The largest absolute Gasteiger partial charge is 0.508 e. The van der Waals surface area contributed by atoms with Crippen LogP contribution in [0.2, 0.25) is 0 Å². The highest BCUT2D eigenvalue weighted by Crippen LogP contribution is 2.31. The topological polar surface area (TPSA) is 46.5 Å². The molecule has 1 aliphatic carbocycles. The first kappa shape index (κ1) is 10.0. The molecule has 3 heteroatoms. The van der Waals surface area contributed by atoms with E-state index in [9.17, 15) is 9.90 Å². The number of hydrogen-bond acceptors (Lipinski definition) is 3. The molecule has 0 bridgehead atoms. The third-order valence-corrected chi connectivity index (χ3v) is 2.99. The Bertz CT molecular complexity index is 384. The molecule has 15 heavy (non-hydrogen) atoms. The van der Waals surface area contributed by atoms with Crippen molar-refractivity contribution in [2.75, 3.05) is 7.11 Å². The fraction of sp³-hybridized carbons (Fsp3) is 0.417. The molecule has 0 aromatic heterocycles. The predicted molar refractivity (Wildman–Crippen MR) is 55.6 cm³/mol. The van der Waals surface area contributed by atoms with Crippen LogP contribution in [0.4, 0.5) is 0 Å². The molecule has 1 aromatic carbocycles. The fourth-order valence-corrected chi connectivity index (χ4v) is 2.15. The molecule has 0 aliphatic heterocycles. The number of methoxy groups -OCH3 is 1. The van der Waals surface area contributed by atoms with E-state index in [0.717, 1.165) is 24.0 Å². The lowest BCUT2D eigenvalue weighted by Crippen LogP contribution is -2.23. The van der Waals surface area contributed by atoms with Gasteiger partial charge in [-0.25, -0.2) is 0 Å². The van der Waals surface area contributed by atoms with Gasteiger partial charge in [0.05, 0.1) is 13.0 Å². The molecule has 0 saturated carbocycles. The summed E-state index contributed by atoms with van der Waals surface area (Å²) in [5, 5.41) is 9.62. The van der Waals surface area contributed by atoms with Crippen molar-refractivity contribution in [1.29, 1.82) is 0 Å². The van der Waals surface area contributed by atoms with Crippen LogP contribution in [0.15, 0.2) is 18.2 Å². The van der Waals surface area contributed by atoms with Gasteiger partial charge < -0.3 is 9.84 Å². The van der Waals surface area contributed by atoms with Crippen molar-refractivity contribution in [1.82, 2.24) is 0 Å². The maximum absolute atomic E-state index is 11.4. The first-order valence-corrected chi connectivity index (χ1v) is 5.10. The first-order valence-electron chi connectivity index (χ1n) is 5.10. The summed E-state index contributed by atoms with van der Waals surface area (Å²) in [7, 11) is 1.42. The highest BCUT2D eigenvalue weighted by molar-refractivity contribution is 5.73. The van der Waals surface area contributed by atoms with Crippen LogP contribution in [0.3, 0.4) is 0 Å². The predicted octanol–water partition coefficient (Wildman–Crippen LogP) is 1.67. The van der Waals surface area contributed by atoms with Crippen LogP contribution >= 0.6 is 0 Å². The Morgan fingerprint density at radius 3 is 3.07 bits per heavy atom. The van der Waals surface area contributed by atoms with Crippen molar-refractivity contribution in [3.63, 3.8) is 0 Å². The van der Waals surface area contributed by atoms with E-state index in [1.807, 2.05) is 12.1 Å². The number of benzene rings is 1. The van der Waals surface area contributed by atoms with Gasteiger partial charge in [-0.1, -0.05) is 12.1 Å². The molecule has 0 amide bonds. The van der Waals surface area contributed by atoms with Crippen molar-refractivity contribution in [2.45, 2.75) is 19.3 Å². The van der Waals surface area contributed by atoms with Gasteiger partial charge in [-0.3, -0.25) is 4.79 Å². The van der Waals surface area contributed by atoms with Gasteiger partial charge in [-0.2, -0.15) is 0 Å². The molecule has 1 aliphatic rings. The number of carbonyl (C=O) groups is 1. The highest BCUT2D eigenvalue weighted by atomic mass is 16.5. The lowest BCUT2D eigenvalue weighted by molar-refractivity contribution is -0.145. The normalized spacial score (nSPS) is 19.4. The molecule has 1 N–H and O–H groups in total. The Morgan fingerprint density at radius 2 is 2.33 bits per heavy atom. The van der Waals surface area contributed by atoms with Crippen molar-refractivity contribution in [2.24, 2.45) is 5.92 Å². The van der Waals surface area contributed by atoms with Crippen LogP contribution in [0.1, 0.15) is 17.5 Å². The van der Waals surface area contributed by atoms with Gasteiger partial charge in [0.2, 0.25) is 0 Å². The standard InChI is InChI=1S/C12H14O3/c1-15-12(14)9-5-6-10-8(7-9)3-2-4-11(10)13/h2-4,9,13H,5-7H2,1H3. The van der Waals surface area contributed by atoms with Gasteiger partial charge in [-0.15, -0.1) is 0 Å². The molecule has 0 spiro atoms. The van der Waals surface area contributed by atoms with Gasteiger partial charge in [0.1, 0.15) is 5.75 Å². The zero-order valence-corrected chi connectivity index (χ0v) is 8.69. The van der Waals surface area contributed by atoms with E-state index in [2.05, 4.69) is 0 Å². The third kappa shape index (κ3) is 1.82. The highest BCUT2D eigenvalue weighted by Gasteiger charge is 2.26. The number of aromatic hydroxyl groups is 1. The van der Waals surface area contributed by atoms with E-state index in [4.69, 9.17) is 4.74 Å². The van der Waals surface area contributed by atoms with Gasteiger partial charge in [0, 0.05) is 0 Å². The Labute approximate surface area is 88.7 Å². The molecule has 80 valence electrons. The molecule has 1 atom stereocenters. The van der Waals surface area contributed by atoms with Crippen molar-refractivity contribution < 1.29 is 14.6 Å². The molecule has 0 radical (unpaired) electrons. The average molecular weight is 206 g/mol. The van der Waals surface area contributed by atoms with E-state index in [1.165, 1.54) is 7.11 Å². The molecular weight excluding hydrogens is 192 g/mol. The summed E-state index contributed by atoms with van der Waals surface area (Å²) in [6.07, 6.45) is 2.19. The fourth-order valence-electron chi connectivity index (χ4n) is 2.15. The quantitative estimate of drug-likeness (QED) is 0.711. The van der Waals surface area contributed by atoms with Crippen LogP contribution in [-0.2, 0) is 22.4 Å². The Balaban J connectivity index is 2.24. The minimum absolute atomic E-state index is 0.0516. The maximum Gasteiger partial charge on any atom is 0.309 e. The number of phenolic OH excluding ortho intramolecular Hbond substituents is 1. The summed E-state index contributed by atoms with van der Waals surface area (Å²) >= 11 is 0. The summed E-state index contributed by atoms with van der Waals surface area (Å²) in [4.78, 5) is 11.4. The smallest absolute Gasteiger partial charge is 0.309 e.